The van der Waals surface area contributed by atoms with Crippen LogP contribution in [0, 0.1) is 5.92 Å². The van der Waals surface area contributed by atoms with Crippen molar-refractivity contribution < 1.29 is 9.53 Å². The average molecular weight is 297 g/mol. The second-order valence-corrected chi connectivity index (χ2v) is 5.57. The van der Waals surface area contributed by atoms with E-state index in [4.69, 9.17) is 22.1 Å². The first-order valence-electron chi connectivity index (χ1n) is 7.02. The van der Waals surface area contributed by atoms with E-state index in [1.165, 1.54) is 0 Å². The van der Waals surface area contributed by atoms with Crippen LogP contribution in [0.1, 0.15) is 35.7 Å². The van der Waals surface area contributed by atoms with Crippen molar-refractivity contribution >= 4 is 17.5 Å². The minimum absolute atomic E-state index is 0.371. The summed E-state index contributed by atoms with van der Waals surface area (Å²) in [5, 5.41) is 3.99. The van der Waals surface area contributed by atoms with E-state index in [2.05, 4.69) is 12.2 Å². The smallest absolute Gasteiger partial charge is 0.248 e. The topological polar surface area (TPSA) is 64.3 Å². The van der Waals surface area contributed by atoms with Crippen LogP contribution < -0.4 is 11.1 Å². The van der Waals surface area contributed by atoms with E-state index < -0.39 is 5.91 Å². The molecule has 1 aromatic rings. The van der Waals surface area contributed by atoms with Crippen molar-refractivity contribution in [2.45, 2.75) is 32.4 Å². The van der Waals surface area contributed by atoms with Crippen LogP contribution in [-0.2, 0) is 11.3 Å². The van der Waals surface area contributed by atoms with E-state index in [-0.39, 0.29) is 0 Å². The van der Waals surface area contributed by atoms with Gasteiger partial charge in [0.2, 0.25) is 5.91 Å². The summed E-state index contributed by atoms with van der Waals surface area (Å²) in [6, 6.07) is 5.17. The van der Waals surface area contributed by atoms with E-state index in [0.29, 0.717) is 29.2 Å². The molecule has 2 rings (SSSR count). The lowest BCUT2D eigenvalue weighted by Gasteiger charge is -2.17. The Morgan fingerprint density at radius 1 is 1.55 bits per heavy atom. The Kier molecular flexibility index (Phi) is 5.40. The molecule has 1 amide bonds. The molecular weight excluding hydrogens is 276 g/mol. The highest BCUT2D eigenvalue weighted by atomic mass is 35.5. The molecule has 1 aromatic carbocycles. The zero-order valence-electron chi connectivity index (χ0n) is 11.7. The zero-order chi connectivity index (χ0) is 14.5. The molecule has 1 fully saturated rings. The van der Waals surface area contributed by atoms with Gasteiger partial charge in [0.25, 0.3) is 0 Å². The molecule has 0 spiro atoms. The molecule has 20 heavy (non-hydrogen) atoms. The maximum Gasteiger partial charge on any atom is 0.248 e. The molecule has 0 aliphatic carbocycles. The number of rotatable bonds is 6. The number of amides is 1. The Labute approximate surface area is 124 Å². The maximum atomic E-state index is 11.1. The molecule has 2 unspecified atom stereocenters. The van der Waals surface area contributed by atoms with Crippen molar-refractivity contribution in [3.05, 3.63) is 34.3 Å². The Morgan fingerprint density at radius 2 is 2.35 bits per heavy atom. The van der Waals surface area contributed by atoms with E-state index >= 15 is 0 Å². The third-order valence-corrected chi connectivity index (χ3v) is 4.16. The monoisotopic (exact) mass is 296 g/mol. The summed E-state index contributed by atoms with van der Waals surface area (Å²) >= 11 is 6.15. The number of nitrogens with two attached hydrogens (primary N) is 1. The molecule has 0 radical (unpaired) electrons. The number of nitrogens with one attached hydrogen (secondary N) is 1. The van der Waals surface area contributed by atoms with Gasteiger partial charge in [0, 0.05) is 30.3 Å². The highest BCUT2D eigenvalue weighted by Crippen LogP contribution is 2.23. The van der Waals surface area contributed by atoms with Crippen molar-refractivity contribution in [2.75, 3.05) is 13.2 Å². The molecule has 1 aliphatic heterocycles. The van der Waals surface area contributed by atoms with Crippen LogP contribution in [0.15, 0.2) is 18.2 Å². The molecule has 4 nitrogen and oxygen atoms in total. The molecule has 0 bridgehead atoms. The molecule has 2 atom stereocenters. The van der Waals surface area contributed by atoms with Gasteiger partial charge in [-0.2, -0.15) is 0 Å². The van der Waals surface area contributed by atoms with Crippen molar-refractivity contribution in [3.8, 4) is 0 Å². The van der Waals surface area contributed by atoms with Gasteiger partial charge in [-0.05, 0) is 36.5 Å². The first kappa shape index (κ1) is 15.3. The molecular formula is C15H21ClN2O2. The van der Waals surface area contributed by atoms with E-state index in [9.17, 15) is 4.79 Å². The normalized spacial score (nSPS) is 22.1. The molecule has 110 valence electrons. The second-order valence-electron chi connectivity index (χ2n) is 5.17. The van der Waals surface area contributed by atoms with Crippen LogP contribution in [0.25, 0.3) is 0 Å². The largest absolute Gasteiger partial charge is 0.378 e. The fourth-order valence-electron chi connectivity index (χ4n) is 2.61. The van der Waals surface area contributed by atoms with Gasteiger partial charge in [-0.3, -0.25) is 4.79 Å². The summed E-state index contributed by atoms with van der Waals surface area (Å²) in [7, 11) is 0. The van der Waals surface area contributed by atoms with Crippen LogP contribution in [0.4, 0.5) is 0 Å². The maximum absolute atomic E-state index is 11.1. The third kappa shape index (κ3) is 3.72. The van der Waals surface area contributed by atoms with E-state index in [0.717, 1.165) is 31.6 Å². The predicted molar refractivity (Wildman–Crippen MR) is 79.8 cm³/mol. The number of benzene rings is 1. The lowest BCUT2D eigenvalue weighted by atomic mass is 9.99. The van der Waals surface area contributed by atoms with Crippen molar-refractivity contribution in [1.29, 1.82) is 0 Å². The Hall–Kier alpha value is -1.10. The average Bonchev–Trinajstić information content (AvgIpc) is 2.87. The third-order valence-electron chi connectivity index (χ3n) is 3.81. The number of hydrogen-bond acceptors (Lipinski definition) is 3. The second kappa shape index (κ2) is 7.07. The lowest BCUT2D eigenvalue weighted by molar-refractivity contribution is 0.0872. The SMILES string of the molecule is CCC1OCCC1CNCc1ccc(C(N)=O)cc1Cl. The number of primary amides is 1. The fourth-order valence-corrected chi connectivity index (χ4v) is 2.86. The van der Waals surface area contributed by atoms with Crippen molar-refractivity contribution in [2.24, 2.45) is 11.7 Å². The van der Waals surface area contributed by atoms with Crippen LogP contribution >= 0.6 is 11.6 Å². The molecule has 0 aromatic heterocycles. The number of halogens is 1. The van der Waals surface area contributed by atoms with Gasteiger partial charge in [0.1, 0.15) is 0 Å². The molecule has 3 N–H and O–H groups in total. The summed E-state index contributed by atoms with van der Waals surface area (Å²) in [5.41, 5.74) is 6.63. The van der Waals surface area contributed by atoms with Gasteiger partial charge in [-0.1, -0.05) is 24.6 Å². The summed E-state index contributed by atoms with van der Waals surface area (Å²) in [5.74, 6) is 0.115. The van der Waals surface area contributed by atoms with Gasteiger partial charge in [0.05, 0.1) is 6.10 Å². The van der Waals surface area contributed by atoms with E-state index in [1.807, 2.05) is 6.07 Å². The standard InChI is InChI=1S/C15H21ClN2O2/c1-2-14-12(5-6-20-14)9-18-8-11-4-3-10(15(17)19)7-13(11)16/h3-4,7,12,14,18H,2,5-6,8-9H2,1H3,(H2,17,19). The van der Waals surface area contributed by atoms with Crippen LogP contribution in [0.3, 0.4) is 0 Å². The quantitative estimate of drug-likeness (QED) is 0.847. The molecule has 1 heterocycles. The molecule has 5 heteroatoms. The minimum Gasteiger partial charge on any atom is -0.378 e. The first-order valence-corrected chi connectivity index (χ1v) is 7.40. The fraction of sp³-hybridized carbons (Fsp3) is 0.533. The first-order chi connectivity index (χ1) is 9.61. The summed E-state index contributed by atoms with van der Waals surface area (Å²) < 4.78 is 5.67. The van der Waals surface area contributed by atoms with Gasteiger partial charge < -0.3 is 15.8 Å². The van der Waals surface area contributed by atoms with Crippen LogP contribution in [0.5, 0.6) is 0 Å². The van der Waals surface area contributed by atoms with Gasteiger partial charge in [-0.15, -0.1) is 0 Å². The number of ether oxygens (including phenoxy) is 1. The summed E-state index contributed by atoms with van der Waals surface area (Å²) in [4.78, 5) is 11.1. The Balaban J connectivity index is 1.86. The summed E-state index contributed by atoms with van der Waals surface area (Å²) in [6.07, 6.45) is 2.54. The molecule has 1 saturated heterocycles. The van der Waals surface area contributed by atoms with Gasteiger partial charge in [-0.25, -0.2) is 0 Å². The van der Waals surface area contributed by atoms with Gasteiger partial charge in [0.15, 0.2) is 0 Å². The van der Waals surface area contributed by atoms with Gasteiger partial charge >= 0.3 is 0 Å². The number of carbonyl (C=O) groups is 1. The Bertz CT molecular complexity index is 479. The zero-order valence-corrected chi connectivity index (χ0v) is 12.5. The highest BCUT2D eigenvalue weighted by molar-refractivity contribution is 6.31. The number of carbonyl (C=O) groups excluding carboxylic acids is 1. The highest BCUT2D eigenvalue weighted by Gasteiger charge is 2.25. The summed E-state index contributed by atoms with van der Waals surface area (Å²) in [6.45, 7) is 4.62. The van der Waals surface area contributed by atoms with Crippen LogP contribution in [0.2, 0.25) is 5.02 Å². The number of hydrogen-bond donors (Lipinski definition) is 2. The molecule has 1 aliphatic rings. The predicted octanol–water partition coefficient (Wildman–Crippen LogP) is 2.34. The molecule has 0 saturated carbocycles. The lowest BCUT2D eigenvalue weighted by Crippen LogP contribution is -2.28. The van der Waals surface area contributed by atoms with Crippen LogP contribution in [-0.4, -0.2) is 25.2 Å². The van der Waals surface area contributed by atoms with E-state index in [1.54, 1.807) is 12.1 Å². The minimum atomic E-state index is -0.458. The van der Waals surface area contributed by atoms with Crippen molar-refractivity contribution in [1.82, 2.24) is 5.32 Å². The van der Waals surface area contributed by atoms with Crippen molar-refractivity contribution in [3.63, 3.8) is 0 Å². The Morgan fingerprint density at radius 3 is 3.00 bits per heavy atom.